The maximum Gasteiger partial charge on any atom is 0.0660 e. The Hall–Kier alpha value is -0.530. The van der Waals surface area contributed by atoms with Crippen molar-refractivity contribution in [1.82, 2.24) is 0 Å². The van der Waals surface area contributed by atoms with Gasteiger partial charge in [-0.1, -0.05) is 58.0 Å². The lowest BCUT2D eigenvalue weighted by Gasteiger charge is -2.30. The fourth-order valence-electron chi connectivity index (χ4n) is 2.77. The molecule has 1 atom stereocenters. The summed E-state index contributed by atoms with van der Waals surface area (Å²) in [6.45, 7) is 6.79. The Morgan fingerprint density at radius 1 is 1.12 bits per heavy atom. The molecule has 0 bridgehead atoms. The molecule has 1 N–H and O–H groups in total. The Bertz CT molecular complexity index is 245. The van der Waals surface area contributed by atoms with Crippen molar-refractivity contribution < 1.29 is 5.21 Å². The second-order valence-corrected chi connectivity index (χ2v) is 5.88. The fraction of sp³-hybridized carbons (Fsp3) is 0.933. The SMILES string of the molecule is CCCCCC(C)(CCCC)/C(=N/O)C1CC1. The van der Waals surface area contributed by atoms with Gasteiger partial charge < -0.3 is 5.21 Å². The first-order valence-electron chi connectivity index (χ1n) is 7.40. The van der Waals surface area contributed by atoms with Crippen LogP contribution < -0.4 is 0 Å². The minimum Gasteiger partial charge on any atom is -0.411 e. The molecule has 0 aromatic heterocycles. The summed E-state index contributed by atoms with van der Waals surface area (Å²) in [7, 11) is 0. The fourth-order valence-corrected chi connectivity index (χ4v) is 2.77. The maximum absolute atomic E-state index is 9.32. The smallest absolute Gasteiger partial charge is 0.0660 e. The molecule has 0 radical (unpaired) electrons. The van der Waals surface area contributed by atoms with E-state index >= 15 is 0 Å². The summed E-state index contributed by atoms with van der Waals surface area (Å²) < 4.78 is 0. The van der Waals surface area contributed by atoms with E-state index < -0.39 is 0 Å². The van der Waals surface area contributed by atoms with E-state index in [1.807, 2.05) is 0 Å². The Labute approximate surface area is 106 Å². The van der Waals surface area contributed by atoms with Gasteiger partial charge in [0.05, 0.1) is 5.71 Å². The van der Waals surface area contributed by atoms with Gasteiger partial charge in [0, 0.05) is 11.3 Å². The van der Waals surface area contributed by atoms with E-state index in [0.717, 1.165) is 5.71 Å². The van der Waals surface area contributed by atoms with Crippen LogP contribution in [0.25, 0.3) is 0 Å². The molecule has 2 nitrogen and oxygen atoms in total. The molecule has 2 heteroatoms. The molecule has 1 aliphatic carbocycles. The number of hydrogen-bond acceptors (Lipinski definition) is 2. The summed E-state index contributed by atoms with van der Waals surface area (Å²) in [5, 5.41) is 13.0. The topological polar surface area (TPSA) is 32.6 Å². The summed E-state index contributed by atoms with van der Waals surface area (Å²) in [6.07, 6.45) is 11.1. The second-order valence-electron chi connectivity index (χ2n) is 5.88. The Balaban J connectivity index is 2.61. The highest BCUT2D eigenvalue weighted by molar-refractivity contribution is 5.93. The normalized spacial score (nSPS) is 20.3. The zero-order valence-corrected chi connectivity index (χ0v) is 11.8. The summed E-state index contributed by atoms with van der Waals surface area (Å²) in [5.74, 6) is 0.587. The molecule has 0 amide bonds. The zero-order chi connectivity index (χ0) is 12.7. The van der Waals surface area contributed by atoms with Crippen LogP contribution in [0.15, 0.2) is 5.16 Å². The molecular formula is C15H29NO. The van der Waals surface area contributed by atoms with Gasteiger partial charge in [0.1, 0.15) is 0 Å². The minimum absolute atomic E-state index is 0.154. The van der Waals surface area contributed by atoms with E-state index in [4.69, 9.17) is 0 Å². The third-order valence-corrected chi connectivity index (χ3v) is 4.10. The number of unbranched alkanes of at least 4 members (excludes halogenated alkanes) is 3. The highest BCUT2D eigenvalue weighted by atomic mass is 16.4. The first-order chi connectivity index (χ1) is 8.18. The average molecular weight is 239 g/mol. The molecule has 0 heterocycles. The van der Waals surface area contributed by atoms with Crippen molar-refractivity contribution >= 4 is 5.71 Å². The minimum atomic E-state index is 0.154. The molecule has 0 aliphatic heterocycles. The van der Waals surface area contributed by atoms with Crippen LogP contribution in [0.3, 0.4) is 0 Å². The summed E-state index contributed by atoms with van der Waals surface area (Å²) in [5.41, 5.74) is 1.25. The zero-order valence-electron chi connectivity index (χ0n) is 11.8. The predicted octanol–water partition coefficient (Wildman–Crippen LogP) is 5.00. The molecule has 0 aromatic carbocycles. The molecule has 1 rings (SSSR count). The van der Waals surface area contributed by atoms with Crippen LogP contribution >= 0.6 is 0 Å². The van der Waals surface area contributed by atoms with Crippen molar-refractivity contribution in [2.75, 3.05) is 0 Å². The number of nitrogens with zero attached hydrogens (tertiary/aromatic N) is 1. The molecular weight excluding hydrogens is 210 g/mol. The van der Waals surface area contributed by atoms with Crippen LogP contribution in [0.4, 0.5) is 0 Å². The quantitative estimate of drug-likeness (QED) is 0.261. The summed E-state index contributed by atoms with van der Waals surface area (Å²) >= 11 is 0. The Kier molecular flexibility index (Phi) is 6.01. The van der Waals surface area contributed by atoms with E-state index in [1.165, 1.54) is 57.8 Å². The second kappa shape index (κ2) is 7.03. The molecule has 1 saturated carbocycles. The van der Waals surface area contributed by atoms with Gasteiger partial charge >= 0.3 is 0 Å². The molecule has 0 aromatic rings. The van der Waals surface area contributed by atoms with Crippen molar-refractivity contribution in [2.45, 2.75) is 78.6 Å². The molecule has 1 fully saturated rings. The maximum atomic E-state index is 9.32. The first-order valence-corrected chi connectivity index (χ1v) is 7.40. The number of rotatable bonds is 9. The lowest BCUT2D eigenvalue weighted by atomic mass is 9.74. The molecule has 100 valence electrons. The highest BCUT2D eigenvalue weighted by Crippen LogP contribution is 2.43. The largest absolute Gasteiger partial charge is 0.411 e. The van der Waals surface area contributed by atoms with Crippen LogP contribution in [0.1, 0.15) is 78.6 Å². The Morgan fingerprint density at radius 2 is 1.71 bits per heavy atom. The summed E-state index contributed by atoms with van der Waals surface area (Å²) in [6, 6.07) is 0. The third-order valence-electron chi connectivity index (χ3n) is 4.10. The van der Waals surface area contributed by atoms with Crippen molar-refractivity contribution in [2.24, 2.45) is 16.5 Å². The monoisotopic (exact) mass is 239 g/mol. The van der Waals surface area contributed by atoms with E-state index in [9.17, 15) is 5.21 Å². The molecule has 0 saturated heterocycles. The number of hydrogen-bond donors (Lipinski definition) is 1. The van der Waals surface area contributed by atoms with Gasteiger partial charge in [0.15, 0.2) is 0 Å². The van der Waals surface area contributed by atoms with Crippen LogP contribution in [0.2, 0.25) is 0 Å². The van der Waals surface area contributed by atoms with Crippen LogP contribution in [0, 0.1) is 11.3 Å². The van der Waals surface area contributed by atoms with Gasteiger partial charge in [-0.2, -0.15) is 0 Å². The first kappa shape index (κ1) is 14.5. The van der Waals surface area contributed by atoms with E-state index in [2.05, 4.69) is 25.9 Å². The molecule has 0 spiro atoms. The van der Waals surface area contributed by atoms with E-state index in [-0.39, 0.29) is 5.41 Å². The lowest BCUT2D eigenvalue weighted by Crippen LogP contribution is -2.29. The Morgan fingerprint density at radius 3 is 2.18 bits per heavy atom. The van der Waals surface area contributed by atoms with Gasteiger partial charge in [-0.15, -0.1) is 0 Å². The number of oxime groups is 1. The molecule has 1 aliphatic rings. The van der Waals surface area contributed by atoms with Gasteiger partial charge in [-0.25, -0.2) is 0 Å². The summed E-state index contributed by atoms with van der Waals surface area (Å²) in [4.78, 5) is 0. The van der Waals surface area contributed by atoms with Gasteiger partial charge in [-0.3, -0.25) is 0 Å². The van der Waals surface area contributed by atoms with E-state index in [0.29, 0.717) is 5.92 Å². The van der Waals surface area contributed by atoms with Crippen molar-refractivity contribution in [3.8, 4) is 0 Å². The van der Waals surface area contributed by atoms with Crippen LogP contribution in [-0.4, -0.2) is 10.9 Å². The van der Waals surface area contributed by atoms with Crippen molar-refractivity contribution in [3.63, 3.8) is 0 Å². The standard InChI is InChI=1S/C15H29NO/c1-4-6-8-12-15(3,11-7-5-2)14(16-17)13-9-10-13/h13,17H,4-12H2,1-3H3/b16-14+. The van der Waals surface area contributed by atoms with E-state index in [1.54, 1.807) is 0 Å². The third kappa shape index (κ3) is 4.33. The van der Waals surface area contributed by atoms with Gasteiger partial charge in [0.25, 0.3) is 0 Å². The van der Waals surface area contributed by atoms with Crippen molar-refractivity contribution in [3.05, 3.63) is 0 Å². The van der Waals surface area contributed by atoms with Crippen LogP contribution in [-0.2, 0) is 0 Å². The van der Waals surface area contributed by atoms with Gasteiger partial charge in [-0.05, 0) is 25.7 Å². The van der Waals surface area contributed by atoms with Crippen molar-refractivity contribution in [1.29, 1.82) is 0 Å². The lowest BCUT2D eigenvalue weighted by molar-refractivity contribution is 0.288. The van der Waals surface area contributed by atoms with Gasteiger partial charge in [0.2, 0.25) is 0 Å². The molecule has 17 heavy (non-hydrogen) atoms. The van der Waals surface area contributed by atoms with Crippen LogP contribution in [0.5, 0.6) is 0 Å². The highest BCUT2D eigenvalue weighted by Gasteiger charge is 2.40. The predicted molar refractivity (Wildman–Crippen MR) is 73.7 cm³/mol. The average Bonchev–Trinajstić information content (AvgIpc) is 3.12. The molecule has 1 unspecified atom stereocenters.